The second-order valence-corrected chi connectivity index (χ2v) is 3.74. The molecule has 2 rings (SSSR count). The SMILES string of the molecule is CCc1cccc(NC(=O)NC2CC2)n1. The van der Waals surface area contributed by atoms with Gasteiger partial charge in [0, 0.05) is 11.7 Å². The Morgan fingerprint density at radius 3 is 3.00 bits per heavy atom. The molecular weight excluding hydrogens is 190 g/mol. The summed E-state index contributed by atoms with van der Waals surface area (Å²) in [6, 6.07) is 5.87. The molecule has 15 heavy (non-hydrogen) atoms. The molecule has 4 nitrogen and oxygen atoms in total. The molecule has 0 unspecified atom stereocenters. The summed E-state index contributed by atoms with van der Waals surface area (Å²) in [7, 11) is 0. The molecule has 4 heteroatoms. The lowest BCUT2D eigenvalue weighted by Crippen LogP contribution is -2.30. The van der Waals surface area contributed by atoms with E-state index in [1.165, 1.54) is 0 Å². The lowest BCUT2D eigenvalue weighted by molar-refractivity contribution is 0.251. The van der Waals surface area contributed by atoms with Crippen molar-refractivity contribution in [2.45, 2.75) is 32.2 Å². The fourth-order valence-corrected chi connectivity index (χ4v) is 1.31. The van der Waals surface area contributed by atoms with Gasteiger partial charge in [-0.25, -0.2) is 9.78 Å². The van der Waals surface area contributed by atoms with E-state index in [1.54, 1.807) is 6.07 Å². The maximum absolute atomic E-state index is 11.4. The van der Waals surface area contributed by atoms with E-state index in [0.29, 0.717) is 11.9 Å². The first-order valence-electron chi connectivity index (χ1n) is 5.31. The molecule has 1 aliphatic carbocycles. The lowest BCUT2D eigenvalue weighted by atomic mass is 10.3. The molecule has 2 amide bonds. The molecule has 0 aliphatic heterocycles. The number of hydrogen-bond donors (Lipinski definition) is 2. The van der Waals surface area contributed by atoms with Crippen LogP contribution in [0, 0.1) is 0 Å². The summed E-state index contributed by atoms with van der Waals surface area (Å²) < 4.78 is 0. The molecule has 1 aromatic heterocycles. The number of aryl methyl sites for hydroxylation is 1. The summed E-state index contributed by atoms with van der Waals surface area (Å²) in [5.74, 6) is 0.618. The third kappa shape index (κ3) is 2.94. The summed E-state index contributed by atoms with van der Waals surface area (Å²) in [4.78, 5) is 15.7. The monoisotopic (exact) mass is 205 g/mol. The number of aromatic nitrogens is 1. The van der Waals surface area contributed by atoms with E-state index in [-0.39, 0.29) is 6.03 Å². The summed E-state index contributed by atoms with van der Waals surface area (Å²) in [5.41, 5.74) is 0.985. The molecule has 0 atom stereocenters. The van der Waals surface area contributed by atoms with E-state index in [0.717, 1.165) is 25.0 Å². The van der Waals surface area contributed by atoms with Gasteiger partial charge >= 0.3 is 6.03 Å². The fourth-order valence-electron chi connectivity index (χ4n) is 1.31. The first kappa shape index (κ1) is 9.96. The van der Waals surface area contributed by atoms with Crippen molar-refractivity contribution in [3.63, 3.8) is 0 Å². The van der Waals surface area contributed by atoms with Crippen LogP contribution in [-0.4, -0.2) is 17.1 Å². The van der Waals surface area contributed by atoms with Gasteiger partial charge in [-0.3, -0.25) is 5.32 Å². The Morgan fingerprint density at radius 1 is 1.53 bits per heavy atom. The van der Waals surface area contributed by atoms with Crippen molar-refractivity contribution in [2.24, 2.45) is 0 Å². The molecule has 0 bridgehead atoms. The van der Waals surface area contributed by atoms with Crippen molar-refractivity contribution in [1.29, 1.82) is 0 Å². The number of carbonyl (C=O) groups excluding carboxylic acids is 1. The van der Waals surface area contributed by atoms with Crippen LogP contribution in [0.1, 0.15) is 25.5 Å². The highest BCUT2D eigenvalue weighted by molar-refractivity contribution is 5.88. The molecule has 0 saturated heterocycles. The molecule has 2 N–H and O–H groups in total. The molecule has 1 aliphatic rings. The van der Waals surface area contributed by atoms with Gasteiger partial charge in [-0.2, -0.15) is 0 Å². The number of nitrogens with zero attached hydrogens (tertiary/aromatic N) is 1. The number of rotatable bonds is 3. The maximum atomic E-state index is 11.4. The van der Waals surface area contributed by atoms with Gasteiger partial charge in [0.15, 0.2) is 0 Å². The third-order valence-electron chi connectivity index (χ3n) is 2.32. The number of urea groups is 1. The molecule has 80 valence electrons. The van der Waals surface area contributed by atoms with E-state index in [9.17, 15) is 4.79 Å². The number of anilines is 1. The Labute approximate surface area is 89.1 Å². The number of nitrogens with one attached hydrogen (secondary N) is 2. The van der Waals surface area contributed by atoms with Crippen LogP contribution in [0.5, 0.6) is 0 Å². The third-order valence-corrected chi connectivity index (χ3v) is 2.32. The topological polar surface area (TPSA) is 54.0 Å². The summed E-state index contributed by atoms with van der Waals surface area (Å²) in [5, 5.41) is 5.58. The Balaban J connectivity index is 1.93. The highest BCUT2D eigenvalue weighted by atomic mass is 16.2. The van der Waals surface area contributed by atoms with Crippen molar-refractivity contribution in [1.82, 2.24) is 10.3 Å². The predicted molar refractivity (Wildman–Crippen MR) is 58.8 cm³/mol. The Kier molecular flexibility index (Phi) is 2.85. The summed E-state index contributed by atoms with van der Waals surface area (Å²) in [6.45, 7) is 2.04. The minimum Gasteiger partial charge on any atom is -0.335 e. The zero-order chi connectivity index (χ0) is 10.7. The van der Waals surface area contributed by atoms with Gasteiger partial charge in [0.25, 0.3) is 0 Å². The van der Waals surface area contributed by atoms with Crippen LogP contribution in [0.3, 0.4) is 0 Å². The molecule has 0 radical (unpaired) electrons. The maximum Gasteiger partial charge on any atom is 0.320 e. The van der Waals surface area contributed by atoms with Gasteiger partial charge in [0.2, 0.25) is 0 Å². The van der Waals surface area contributed by atoms with Gasteiger partial charge in [0.05, 0.1) is 0 Å². The smallest absolute Gasteiger partial charge is 0.320 e. The molecule has 1 fully saturated rings. The summed E-state index contributed by atoms with van der Waals surface area (Å²) in [6.07, 6.45) is 3.06. The van der Waals surface area contributed by atoms with Gasteiger partial charge in [-0.05, 0) is 31.4 Å². The second kappa shape index (κ2) is 4.29. The quantitative estimate of drug-likeness (QED) is 0.792. The van der Waals surface area contributed by atoms with Crippen molar-refractivity contribution >= 4 is 11.8 Å². The average molecular weight is 205 g/mol. The average Bonchev–Trinajstić information content (AvgIpc) is 3.02. The zero-order valence-corrected chi connectivity index (χ0v) is 8.79. The van der Waals surface area contributed by atoms with Gasteiger partial charge < -0.3 is 5.32 Å². The number of pyridine rings is 1. The van der Waals surface area contributed by atoms with Crippen LogP contribution in [0.25, 0.3) is 0 Å². The van der Waals surface area contributed by atoms with Crippen LogP contribution < -0.4 is 10.6 Å². The molecule has 0 spiro atoms. The first-order valence-corrected chi connectivity index (χ1v) is 5.31. The molecule has 1 heterocycles. The highest BCUT2D eigenvalue weighted by Gasteiger charge is 2.23. The molecule has 0 aromatic carbocycles. The summed E-state index contributed by atoms with van der Waals surface area (Å²) >= 11 is 0. The van der Waals surface area contributed by atoms with E-state index in [4.69, 9.17) is 0 Å². The van der Waals surface area contributed by atoms with Gasteiger partial charge in [-0.1, -0.05) is 13.0 Å². The standard InChI is InChI=1S/C11H15N3O/c1-2-8-4-3-5-10(12-8)14-11(15)13-9-6-7-9/h3-5,9H,2,6-7H2,1H3,(H2,12,13,14,15). The van der Waals surface area contributed by atoms with Gasteiger partial charge in [-0.15, -0.1) is 0 Å². The molecule has 1 saturated carbocycles. The van der Waals surface area contributed by atoms with Crippen LogP contribution >= 0.6 is 0 Å². The van der Waals surface area contributed by atoms with E-state index < -0.39 is 0 Å². The van der Waals surface area contributed by atoms with Crippen molar-refractivity contribution in [3.8, 4) is 0 Å². The number of carbonyl (C=O) groups is 1. The van der Waals surface area contributed by atoms with E-state index in [1.807, 2.05) is 19.1 Å². The van der Waals surface area contributed by atoms with Gasteiger partial charge in [0.1, 0.15) is 5.82 Å². The fraction of sp³-hybridized carbons (Fsp3) is 0.455. The molecule has 1 aromatic rings. The Morgan fingerprint density at radius 2 is 2.33 bits per heavy atom. The van der Waals surface area contributed by atoms with E-state index in [2.05, 4.69) is 15.6 Å². The minimum absolute atomic E-state index is 0.154. The zero-order valence-electron chi connectivity index (χ0n) is 8.79. The normalized spacial score (nSPS) is 14.7. The first-order chi connectivity index (χ1) is 7.28. The van der Waals surface area contributed by atoms with E-state index >= 15 is 0 Å². The highest BCUT2D eigenvalue weighted by Crippen LogP contribution is 2.18. The van der Waals surface area contributed by atoms with Crippen LogP contribution in [-0.2, 0) is 6.42 Å². The molecular formula is C11H15N3O. The van der Waals surface area contributed by atoms with Crippen molar-refractivity contribution in [3.05, 3.63) is 23.9 Å². The van der Waals surface area contributed by atoms with Crippen molar-refractivity contribution < 1.29 is 4.79 Å². The van der Waals surface area contributed by atoms with Crippen LogP contribution in [0.4, 0.5) is 10.6 Å². The van der Waals surface area contributed by atoms with Crippen LogP contribution in [0.15, 0.2) is 18.2 Å². The van der Waals surface area contributed by atoms with Crippen LogP contribution in [0.2, 0.25) is 0 Å². The lowest BCUT2D eigenvalue weighted by Gasteiger charge is -2.06. The predicted octanol–water partition coefficient (Wildman–Crippen LogP) is 1.93. The Bertz CT molecular complexity index is 361. The largest absolute Gasteiger partial charge is 0.335 e. The number of hydrogen-bond acceptors (Lipinski definition) is 2. The minimum atomic E-state index is -0.154. The number of amides is 2. The second-order valence-electron chi connectivity index (χ2n) is 3.74. The Hall–Kier alpha value is -1.58. The van der Waals surface area contributed by atoms with Crippen molar-refractivity contribution in [2.75, 3.05) is 5.32 Å².